The molecule has 84 heavy (non-hydrogen) atoms. The van der Waals surface area contributed by atoms with Crippen molar-refractivity contribution in [2.75, 3.05) is 50.0 Å². The first-order chi connectivity index (χ1) is 39.7. The van der Waals surface area contributed by atoms with E-state index in [4.69, 9.17) is 45.9 Å². The number of nitrogens with two attached hydrogens (primary N) is 1. The van der Waals surface area contributed by atoms with E-state index < -0.39 is 143 Å². The van der Waals surface area contributed by atoms with Gasteiger partial charge in [-0.2, -0.15) is 0 Å². The van der Waals surface area contributed by atoms with Crippen molar-refractivity contribution < 1.29 is 85.6 Å². The van der Waals surface area contributed by atoms with Gasteiger partial charge in [0.15, 0.2) is 5.72 Å². The van der Waals surface area contributed by atoms with Gasteiger partial charge in [0.25, 0.3) is 11.8 Å². The summed E-state index contributed by atoms with van der Waals surface area (Å²) in [4.78, 5) is 124. The predicted octanol–water partition coefficient (Wildman–Crippen LogP) is 4.67. The van der Waals surface area contributed by atoms with E-state index in [1.54, 1.807) is 58.1 Å². The molecule has 2 aromatic carbocycles. The van der Waals surface area contributed by atoms with Crippen LogP contribution in [0, 0.1) is 23.5 Å². The van der Waals surface area contributed by atoms with Crippen molar-refractivity contribution in [3.05, 3.63) is 70.3 Å². The molecule has 4 aliphatic heterocycles. The van der Waals surface area contributed by atoms with E-state index in [-0.39, 0.29) is 80.9 Å². The lowest BCUT2D eigenvalue weighted by Crippen LogP contribution is -2.63. The Morgan fingerprint density at radius 3 is 2.25 bits per heavy atom. The van der Waals surface area contributed by atoms with Crippen molar-refractivity contribution in [2.24, 2.45) is 17.6 Å². The number of epoxide rings is 1. The number of benzene rings is 2. The number of nitrogens with one attached hydrogen (secondary N) is 6. The van der Waals surface area contributed by atoms with E-state index >= 15 is 8.78 Å². The average Bonchev–Trinajstić information content (AvgIpc) is 1.92. The largest absolute Gasteiger partial charge is 0.495 e. The molecule has 3 fully saturated rings. The molecule has 0 radical (unpaired) electrons. The fourth-order valence-corrected chi connectivity index (χ4v) is 10.3. The molecule has 0 spiro atoms. The van der Waals surface area contributed by atoms with Crippen LogP contribution >= 0.6 is 11.6 Å². The number of carbonyl (C=O) groups excluding carboxylic acids is 9. The van der Waals surface area contributed by atoms with E-state index in [1.807, 2.05) is 6.92 Å². The molecule has 0 aliphatic carbocycles. The average molecular weight is 1200 g/mol. The number of alkyl carbamates (subject to hydrolysis) is 1. The minimum atomic E-state index is -1.96. The topological polar surface area (TPSA) is 337 Å². The molecule has 4 aliphatic rings. The molecule has 2 aromatic rings. The van der Waals surface area contributed by atoms with Gasteiger partial charge in [-0.3, -0.25) is 39.4 Å². The summed E-state index contributed by atoms with van der Waals surface area (Å²) in [5.74, 6) is -8.49. The molecule has 3 saturated heterocycles. The summed E-state index contributed by atoms with van der Waals surface area (Å²) in [6.45, 7) is 8.76. The minimum absolute atomic E-state index is 0.0343. The summed E-state index contributed by atoms with van der Waals surface area (Å²) in [6.07, 6.45) is -2.02. The van der Waals surface area contributed by atoms with E-state index in [9.17, 15) is 48.3 Å². The molecule has 8 amide bonds. The quantitative estimate of drug-likeness (QED) is 0.0364. The molecule has 6 rings (SSSR count). The third kappa shape index (κ3) is 16.7. The number of nitrogens with zero attached hydrogens (tertiary/aromatic N) is 2. The van der Waals surface area contributed by atoms with Crippen LogP contribution < -0.4 is 47.3 Å². The lowest BCUT2D eigenvalue weighted by molar-refractivity contribution is -0.197. The predicted molar refractivity (Wildman–Crippen MR) is 298 cm³/mol. The number of hydroxylamine groups is 2. The zero-order valence-corrected chi connectivity index (χ0v) is 48.8. The zero-order valence-electron chi connectivity index (χ0n) is 48.0. The lowest BCUT2D eigenvalue weighted by Gasteiger charge is -2.42. The number of imide groups is 1. The smallest absolute Gasteiger partial charge is 0.412 e. The Labute approximate surface area is 489 Å². The number of carbonyl (C=O) groups is 9. The van der Waals surface area contributed by atoms with Crippen molar-refractivity contribution >= 4 is 82.3 Å². The van der Waals surface area contributed by atoms with Gasteiger partial charge in [-0.25, -0.2) is 23.2 Å². The van der Waals surface area contributed by atoms with Gasteiger partial charge in [0.05, 0.1) is 36.7 Å². The number of hydrogen-bond donors (Lipinski definition) is 8. The Kier molecular flexibility index (Phi) is 22.7. The number of halogens is 3. The Balaban J connectivity index is 1.17. The SMILES string of the molecule is COc1cc2cc(c1Cl)N(C)C(=O)C[C@H](OC(=O)Nc1cc(F)c(NC(=O)[C@H](CCCNCN)NC(=O)[C@@H](NC(=O)CCCCC(=O)ON3C(=O)CCC3=O)C(C)C)cc1F)[C@]1(C)O[C@H]1[C@H](C)[C@@H]1C[C@@](O)(NC(=O)O1)[C@H](OC)/C=C/C=C(\C)C2. The highest BCUT2D eigenvalue weighted by Gasteiger charge is 2.64. The highest BCUT2D eigenvalue weighted by molar-refractivity contribution is 6.35. The monoisotopic (exact) mass is 1200 g/mol. The summed E-state index contributed by atoms with van der Waals surface area (Å²) in [5, 5.41) is 27.4. The van der Waals surface area contributed by atoms with Crippen LogP contribution in [0.2, 0.25) is 5.02 Å². The Bertz CT molecular complexity index is 2880. The van der Waals surface area contributed by atoms with E-state index in [0.29, 0.717) is 35.7 Å². The second kappa shape index (κ2) is 29.0. The van der Waals surface area contributed by atoms with Gasteiger partial charge in [-0.1, -0.05) is 56.2 Å². The first kappa shape index (κ1) is 65.8. The molecule has 28 heteroatoms. The van der Waals surface area contributed by atoms with Crippen LogP contribution in [0.15, 0.2) is 48.1 Å². The first-order valence-electron chi connectivity index (χ1n) is 27.5. The van der Waals surface area contributed by atoms with Gasteiger partial charge in [-0.15, -0.1) is 5.06 Å². The number of rotatable bonds is 21. The number of allylic oxidation sites excluding steroid dienone is 3. The summed E-state index contributed by atoms with van der Waals surface area (Å²) in [7, 11) is 4.23. The van der Waals surface area contributed by atoms with Gasteiger partial charge in [0.1, 0.15) is 58.4 Å². The molecule has 9 atom stereocenters. The molecule has 9 N–H and O–H groups in total. The standard InChI is InChI=1S/C56H74ClF2N9O16/c1-29(2)49(65-43(69)16-9-10-17-47(73)84-68-44(70)18-19-45(68)71)52(75)62-35(14-12-20-61-28-60)51(74)63-36-24-34(59)37(25-33(36)58)64-53(76)82-42-26-46(72)67(6)38-22-32(23-39(79-7)48(38)57)21-30(3)13-11-15-41(80-8)56(78)27-40(81-54(77)66-56)31(4)50-55(42,5)83-50/h11,13,15,22-25,29,31,35,40-42,49-50,61,78H,9-10,12,14,16-21,26-28,60H2,1-8H3,(H,62,75)(H,63,74)(H,64,76)(H,65,69)(H,66,77)/b15-11+,30-13+/t31-,35+,40+,41-,42+,49+,50+,55+,56+/m1/s1. The van der Waals surface area contributed by atoms with Crippen molar-refractivity contribution in [2.45, 2.75) is 153 Å². The summed E-state index contributed by atoms with van der Waals surface area (Å²) >= 11 is 6.79. The summed E-state index contributed by atoms with van der Waals surface area (Å²) in [5.41, 5.74) is 2.44. The van der Waals surface area contributed by atoms with Crippen LogP contribution in [-0.4, -0.2) is 146 Å². The number of fused-ring (bicyclic) bond motifs is 5. The molecular weight excluding hydrogens is 1130 g/mol. The van der Waals surface area contributed by atoms with Crippen LogP contribution in [0.25, 0.3) is 0 Å². The van der Waals surface area contributed by atoms with E-state index in [0.717, 1.165) is 5.57 Å². The number of methoxy groups -OCH3 is 2. The fourth-order valence-electron chi connectivity index (χ4n) is 10.0. The van der Waals surface area contributed by atoms with Crippen LogP contribution in [0.1, 0.15) is 104 Å². The van der Waals surface area contributed by atoms with Gasteiger partial charge in [0.2, 0.25) is 23.6 Å². The van der Waals surface area contributed by atoms with Crippen LogP contribution in [0.3, 0.4) is 0 Å². The van der Waals surface area contributed by atoms with Crippen molar-refractivity contribution in [1.29, 1.82) is 0 Å². The molecule has 4 heterocycles. The van der Waals surface area contributed by atoms with Gasteiger partial charge in [-0.05, 0) is 76.1 Å². The number of aliphatic hydroxyl groups is 1. The molecule has 0 saturated carbocycles. The number of amides is 8. The Hall–Kier alpha value is -7.30. The van der Waals surface area contributed by atoms with Crippen molar-refractivity contribution in [3.8, 4) is 5.75 Å². The Morgan fingerprint density at radius 2 is 1.61 bits per heavy atom. The molecule has 460 valence electrons. The molecular formula is C56H74ClF2N9O16. The molecule has 25 nitrogen and oxygen atoms in total. The fraction of sp³-hybridized carbons (Fsp3) is 0.554. The third-order valence-electron chi connectivity index (χ3n) is 14.9. The number of unbranched alkanes of at least 4 members (excludes halogenated alkanes) is 1. The summed E-state index contributed by atoms with van der Waals surface area (Å²) < 4.78 is 61.0. The molecule has 0 aromatic heterocycles. The summed E-state index contributed by atoms with van der Waals surface area (Å²) in [6, 6.07) is 2.02. The maximum Gasteiger partial charge on any atom is 0.412 e. The van der Waals surface area contributed by atoms with Crippen LogP contribution in [0.4, 0.5) is 35.4 Å². The van der Waals surface area contributed by atoms with Crippen LogP contribution in [0.5, 0.6) is 5.75 Å². The minimum Gasteiger partial charge on any atom is -0.495 e. The maximum atomic E-state index is 16.0. The maximum absolute atomic E-state index is 16.0. The second-order valence-corrected chi connectivity index (χ2v) is 21.9. The lowest BCUT2D eigenvalue weighted by atomic mass is 9.83. The van der Waals surface area contributed by atoms with Gasteiger partial charge < -0.3 is 65.5 Å². The normalized spacial score (nSPS) is 25.2. The van der Waals surface area contributed by atoms with Crippen molar-refractivity contribution in [3.63, 3.8) is 0 Å². The number of anilines is 3. The highest BCUT2D eigenvalue weighted by atomic mass is 35.5. The van der Waals surface area contributed by atoms with Crippen LogP contribution in [-0.2, 0) is 63.8 Å². The van der Waals surface area contributed by atoms with Gasteiger partial charge >= 0.3 is 18.2 Å². The molecule has 4 bridgehead atoms. The van der Waals surface area contributed by atoms with Crippen molar-refractivity contribution in [1.82, 2.24) is 26.3 Å². The zero-order chi connectivity index (χ0) is 61.8. The van der Waals surface area contributed by atoms with Gasteiger partial charge in [0, 0.05) is 71.0 Å². The highest BCUT2D eigenvalue weighted by Crippen LogP contribution is 2.49. The second-order valence-electron chi connectivity index (χ2n) is 21.6. The van der Waals surface area contributed by atoms with E-state index in [1.165, 1.54) is 26.2 Å². The number of ether oxygens (including phenoxy) is 5. The Morgan fingerprint density at radius 1 is 0.940 bits per heavy atom. The van der Waals surface area contributed by atoms with E-state index in [2.05, 4.69) is 31.9 Å². The third-order valence-corrected chi connectivity index (χ3v) is 15.3. The molecule has 0 unspecified atom stereocenters. The number of hydrogen-bond acceptors (Lipinski definition) is 18. The first-order valence-corrected chi connectivity index (χ1v) is 27.8.